The number of halogens is 1. The van der Waals surface area contributed by atoms with E-state index < -0.39 is 0 Å². The first kappa shape index (κ1) is 15.6. The highest BCUT2D eigenvalue weighted by Crippen LogP contribution is 2.26. The van der Waals surface area contributed by atoms with E-state index in [2.05, 4.69) is 41.4 Å². The average molecular weight is 305 g/mol. The van der Waals surface area contributed by atoms with Crippen LogP contribution in [0.15, 0.2) is 24.3 Å². The van der Waals surface area contributed by atoms with Crippen molar-refractivity contribution >= 4 is 28.9 Å². The molecule has 2 aromatic rings. The quantitative estimate of drug-likeness (QED) is 0.838. The first-order valence-electron chi connectivity index (χ1n) is 7.16. The fourth-order valence-corrected chi connectivity index (χ4v) is 2.15. The van der Waals surface area contributed by atoms with Crippen LogP contribution < -0.4 is 10.6 Å². The normalized spacial score (nSPS) is 10.8. The summed E-state index contributed by atoms with van der Waals surface area (Å²) in [4.78, 5) is 9.23. The summed E-state index contributed by atoms with van der Waals surface area (Å²) in [6.07, 6.45) is 0. The maximum atomic E-state index is 6.03. The van der Waals surface area contributed by atoms with E-state index in [4.69, 9.17) is 11.6 Å². The zero-order chi connectivity index (χ0) is 15.4. The lowest BCUT2D eigenvalue weighted by atomic mass is 10.2. The van der Waals surface area contributed by atoms with Gasteiger partial charge in [-0.05, 0) is 32.0 Å². The van der Waals surface area contributed by atoms with Crippen molar-refractivity contribution in [3.63, 3.8) is 0 Å². The van der Waals surface area contributed by atoms with Gasteiger partial charge >= 0.3 is 0 Å². The Hall–Kier alpha value is -1.81. The van der Waals surface area contributed by atoms with Gasteiger partial charge in [0.25, 0.3) is 0 Å². The molecule has 0 aliphatic rings. The summed E-state index contributed by atoms with van der Waals surface area (Å²) < 4.78 is 0. The summed E-state index contributed by atoms with van der Waals surface area (Å²) in [5.74, 6) is 2.77. The SMILES string of the molecule is CCNc1nc(C(C)C)nc(Nc2cccc(Cl)c2)c1C. The standard InChI is InChI=1S/C16H21ClN4/c1-5-18-15-11(4)16(21-14(20-15)10(2)3)19-13-8-6-7-12(17)9-13/h6-10H,5H2,1-4H3,(H2,18,19,20,21). The second kappa shape index (κ2) is 6.76. The third-order valence-electron chi connectivity index (χ3n) is 3.11. The number of anilines is 3. The molecule has 1 aromatic carbocycles. The molecule has 0 saturated carbocycles. The third-order valence-corrected chi connectivity index (χ3v) is 3.35. The van der Waals surface area contributed by atoms with E-state index in [1.165, 1.54) is 0 Å². The highest BCUT2D eigenvalue weighted by molar-refractivity contribution is 6.30. The van der Waals surface area contributed by atoms with Gasteiger partial charge in [-0.2, -0.15) is 0 Å². The molecular weight excluding hydrogens is 284 g/mol. The number of hydrogen-bond donors (Lipinski definition) is 2. The van der Waals surface area contributed by atoms with Crippen molar-refractivity contribution in [2.24, 2.45) is 0 Å². The molecule has 0 spiro atoms. The maximum Gasteiger partial charge on any atom is 0.139 e. The summed E-state index contributed by atoms with van der Waals surface area (Å²) in [5.41, 5.74) is 1.92. The molecule has 21 heavy (non-hydrogen) atoms. The van der Waals surface area contributed by atoms with Crippen LogP contribution in [0.4, 0.5) is 17.3 Å². The lowest BCUT2D eigenvalue weighted by Crippen LogP contribution is -2.10. The highest BCUT2D eigenvalue weighted by atomic mass is 35.5. The van der Waals surface area contributed by atoms with E-state index in [0.717, 1.165) is 35.3 Å². The smallest absolute Gasteiger partial charge is 0.139 e. The van der Waals surface area contributed by atoms with Crippen LogP contribution in [-0.4, -0.2) is 16.5 Å². The van der Waals surface area contributed by atoms with Gasteiger partial charge in [0.1, 0.15) is 17.5 Å². The van der Waals surface area contributed by atoms with E-state index in [9.17, 15) is 0 Å². The van der Waals surface area contributed by atoms with Crippen molar-refractivity contribution in [3.8, 4) is 0 Å². The number of nitrogens with one attached hydrogen (secondary N) is 2. The third kappa shape index (κ3) is 3.85. The number of rotatable bonds is 5. The fourth-order valence-electron chi connectivity index (χ4n) is 1.96. The molecule has 0 aliphatic carbocycles. The Bertz CT molecular complexity index is 626. The Kier molecular flexibility index (Phi) is 5.02. The van der Waals surface area contributed by atoms with Crippen molar-refractivity contribution in [3.05, 3.63) is 40.7 Å². The summed E-state index contributed by atoms with van der Waals surface area (Å²) in [6.45, 7) is 9.06. The lowest BCUT2D eigenvalue weighted by Gasteiger charge is -2.16. The molecule has 0 saturated heterocycles. The predicted octanol–water partition coefficient (Wildman–Crippen LogP) is 4.74. The number of nitrogens with zero attached hydrogens (tertiary/aromatic N) is 2. The van der Waals surface area contributed by atoms with Crippen LogP contribution in [0.3, 0.4) is 0 Å². The van der Waals surface area contributed by atoms with Crippen LogP contribution in [0.5, 0.6) is 0 Å². The molecule has 0 amide bonds. The van der Waals surface area contributed by atoms with Crippen molar-refractivity contribution in [2.75, 3.05) is 17.2 Å². The first-order valence-corrected chi connectivity index (χ1v) is 7.54. The molecule has 5 heteroatoms. The van der Waals surface area contributed by atoms with Gasteiger partial charge in [-0.1, -0.05) is 31.5 Å². The Labute approximate surface area is 131 Å². The Morgan fingerprint density at radius 1 is 1.19 bits per heavy atom. The second-order valence-corrected chi connectivity index (χ2v) is 5.66. The van der Waals surface area contributed by atoms with Gasteiger partial charge in [0.05, 0.1) is 0 Å². The van der Waals surface area contributed by atoms with Crippen LogP contribution in [0.1, 0.15) is 38.1 Å². The zero-order valence-electron chi connectivity index (χ0n) is 12.9. The van der Waals surface area contributed by atoms with Gasteiger partial charge < -0.3 is 10.6 Å². The molecule has 2 rings (SSSR count). The van der Waals surface area contributed by atoms with Gasteiger partial charge in [-0.3, -0.25) is 0 Å². The van der Waals surface area contributed by atoms with Gasteiger partial charge in [-0.15, -0.1) is 0 Å². The van der Waals surface area contributed by atoms with E-state index in [1.54, 1.807) is 0 Å². The topological polar surface area (TPSA) is 49.8 Å². The van der Waals surface area contributed by atoms with Gasteiger partial charge in [0, 0.05) is 28.7 Å². The van der Waals surface area contributed by atoms with Gasteiger partial charge in [0.2, 0.25) is 0 Å². The van der Waals surface area contributed by atoms with Crippen LogP contribution in [0.2, 0.25) is 5.02 Å². The molecule has 4 nitrogen and oxygen atoms in total. The molecule has 0 atom stereocenters. The summed E-state index contributed by atoms with van der Waals surface area (Å²) in [7, 11) is 0. The molecule has 0 unspecified atom stereocenters. The maximum absolute atomic E-state index is 6.03. The van der Waals surface area contributed by atoms with E-state index in [1.807, 2.05) is 31.2 Å². The summed E-state index contributed by atoms with van der Waals surface area (Å²) >= 11 is 6.03. The van der Waals surface area contributed by atoms with E-state index in [0.29, 0.717) is 5.02 Å². The van der Waals surface area contributed by atoms with Gasteiger partial charge in [-0.25, -0.2) is 9.97 Å². The summed E-state index contributed by atoms with van der Waals surface area (Å²) in [5, 5.41) is 7.32. The van der Waals surface area contributed by atoms with Crippen LogP contribution in [-0.2, 0) is 0 Å². The van der Waals surface area contributed by atoms with Crippen LogP contribution >= 0.6 is 11.6 Å². The molecule has 0 bridgehead atoms. The molecule has 1 heterocycles. The Morgan fingerprint density at radius 2 is 1.90 bits per heavy atom. The number of hydrogen-bond acceptors (Lipinski definition) is 4. The molecule has 0 aliphatic heterocycles. The minimum absolute atomic E-state index is 0.267. The second-order valence-electron chi connectivity index (χ2n) is 5.22. The minimum Gasteiger partial charge on any atom is -0.370 e. The molecule has 2 N–H and O–H groups in total. The molecule has 0 fully saturated rings. The zero-order valence-corrected chi connectivity index (χ0v) is 13.6. The van der Waals surface area contributed by atoms with Crippen LogP contribution in [0, 0.1) is 6.92 Å². The molecular formula is C16H21ClN4. The average Bonchev–Trinajstić information content (AvgIpc) is 2.43. The Balaban J connectivity index is 2.41. The highest BCUT2D eigenvalue weighted by Gasteiger charge is 2.13. The Morgan fingerprint density at radius 3 is 2.52 bits per heavy atom. The fraction of sp³-hybridized carbons (Fsp3) is 0.375. The lowest BCUT2D eigenvalue weighted by molar-refractivity contribution is 0.774. The summed E-state index contributed by atoms with van der Waals surface area (Å²) in [6, 6.07) is 7.61. The largest absolute Gasteiger partial charge is 0.370 e. The van der Waals surface area contributed by atoms with Gasteiger partial charge in [0.15, 0.2) is 0 Å². The van der Waals surface area contributed by atoms with Crippen molar-refractivity contribution in [1.82, 2.24) is 9.97 Å². The molecule has 0 radical (unpaired) electrons. The van der Waals surface area contributed by atoms with Crippen molar-refractivity contribution in [1.29, 1.82) is 0 Å². The molecule has 1 aromatic heterocycles. The van der Waals surface area contributed by atoms with E-state index >= 15 is 0 Å². The number of benzene rings is 1. The van der Waals surface area contributed by atoms with Crippen molar-refractivity contribution < 1.29 is 0 Å². The number of aromatic nitrogens is 2. The monoisotopic (exact) mass is 304 g/mol. The predicted molar refractivity (Wildman–Crippen MR) is 89.8 cm³/mol. The first-order chi connectivity index (χ1) is 10.0. The minimum atomic E-state index is 0.267. The van der Waals surface area contributed by atoms with Crippen LogP contribution in [0.25, 0.3) is 0 Å². The van der Waals surface area contributed by atoms with E-state index in [-0.39, 0.29) is 5.92 Å². The molecule has 112 valence electrons. The van der Waals surface area contributed by atoms with Crippen molar-refractivity contribution in [2.45, 2.75) is 33.6 Å².